The Morgan fingerprint density at radius 2 is 1.92 bits per heavy atom. The minimum atomic E-state index is -0.244. The van der Waals surface area contributed by atoms with E-state index in [1.807, 2.05) is 37.3 Å². The van der Waals surface area contributed by atoms with Crippen molar-refractivity contribution >= 4 is 18.3 Å². The maximum atomic E-state index is 10.6. The van der Waals surface area contributed by atoms with E-state index in [2.05, 4.69) is 0 Å². The zero-order valence-electron chi connectivity index (χ0n) is 7.57. The van der Waals surface area contributed by atoms with Gasteiger partial charge >= 0.3 is 0 Å². The van der Waals surface area contributed by atoms with Gasteiger partial charge in [0.2, 0.25) is 5.91 Å². The second-order valence-corrected chi connectivity index (χ2v) is 2.98. The summed E-state index contributed by atoms with van der Waals surface area (Å²) in [6.07, 6.45) is 0.421. The number of halogens is 1. The van der Waals surface area contributed by atoms with Crippen molar-refractivity contribution in [2.75, 3.05) is 0 Å². The maximum Gasteiger partial charge on any atom is 0.218 e. The molecule has 0 aliphatic rings. The van der Waals surface area contributed by atoms with Crippen molar-refractivity contribution in [1.29, 1.82) is 0 Å². The minimum Gasteiger partial charge on any atom is -0.370 e. The number of nitrogens with two attached hydrogens (primary N) is 1. The third kappa shape index (κ3) is 3.95. The molecule has 0 fully saturated rings. The molecule has 0 aromatic heterocycles. The molecule has 72 valence electrons. The quantitative estimate of drug-likeness (QED) is 0.796. The number of carbonyl (C=O) groups is 1. The van der Waals surface area contributed by atoms with Crippen molar-refractivity contribution in [3.05, 3.63) is 35.9 Å². The lowest BCUT2D eigenvalue weighted by molar-refractivity contribution is -0.118. The van der Waals surface area contributed by atoms with Gasteiger partial charge in [0.05, 0.1) is 0 Å². The van der Waals surface area contributed by atoms with Crippen LogP contribution in [0.1, 0.15) is 24.8 Å². The molecule has 3 heteroatoms. The fourth-order valence-corrected chi connectivity index (χ4v) is 1.20. The summed E-state index contributed by atoms with van der Waals surface area (Å²) in [5.41, 5.74) is 6.26. The Hall–Kier alpha value is -1.02. The van der Waals surface area contributed by atoms with Crippen LogP contribution in [0.25, 0.3) is 0 Å². The number of hydrogen-bond acceptors (Lipinski definition) is 1. The fourth-order valence-electron chi connectivity index (χ4n) is 1.20. The molecule has 2 nitrogen and oxygen atoms in total. The summed E-state index contributed by atoms with van der Waals surface area (Å²) < 4.78 is 0. The molecule has 2 N–H and O–H groups in total. The predicted molar refractivity (Wildman–Crippen MR) is 55.9 cm³/mol. The third-order valence-electron chi connectivity index (χ3n) is 1.88. The van der Waals surface area contributed by atoms with Crippen molar-refractivity contribution in [3.63, 3.8) is 0 Å². The van der Waals surface area contributed by atoms with E-state index in [0.29, 0.717) is 6.42 Å². The molecule has 0 saturated carbocycles. The molecule has 13 heavy (non-hydrogen) atoms. The Morgan fingerprint density at radius 1 is 1.38 bits per heavy atom. The van der Waals surface area contributed by atoms with Crippen LogP contribution in [0.3, 0.4) is 0 Å². The average molecular weight is 200 g/mol. The molecule has 1 rings (SSSR count). The topological polar surface area (TPSA) is 43.1 Å². The molecule has 0 bridgehead atoms. The Morgan fingerprint density at radius 3 is 2.38 bits per heavy atom. The van der Waals surface area contributed by atoms with Crippen molar-refractivity contribution in [1.82, 2.24) is 0 Å². The summed E-state index contributed by atoms with van der Waals surface area (Å²) in [6.45, 7) is 2.00. The number of hydrogen-bond donors (Lipinski definition) is 1. The molecule has 0 saturated heterocycles. The average Bonchev–Trinajstić information content (AvgIpc) is 2.05. The van der Waals surface area contributed by atoms with Crippen LogP contribution in [0.4, 0.5) is 0 Å². The SMILES string of the molecule is C[C@H](CC(N)=O)c1ccccc1.Cl. The lowest BCUT2D eigenvalue weighted by Crippen LogP contribution is -2.13. The summed E-state index contributed by atoms with van der Waals surface area (Å²) in [5, 5.41) is 0. The van der Waals surface area contributed by atoms with Gasteiger partial charge in [-0.1, -0.05) is 37.3 Å². The molecule has 0 heterocycles. The van der Waals surface area contributed by atoms with E-state index < -0.39 is 0 Å². The van der Waals surface area contributed by atoms with Gasteiger partial charge in [0.15, 0.2) is 0 Å². The standard InChI is InChI=1S/C10H13NO.ClH/c1-8(7-10(11)12)9-5-3-2-4-6-9;/h2-6,8H,7H2,1H3,(H2,11,12);1H/t8-;/m1./s1. The van der Waals surface area contributed by atoms with Crippen LogP contribution < -0.4 is 5.73 Å². The first-order valence-corrected chi connectivity index (χ1v) is 4.03. The molecule has 0 radical (unpaired) electrons. The molecular weight excluding hydrogens is 186 g/mol. The molecular formula is C10H14ClNO. The number of primary amides is 1. The van der Waals surface area contributed by atoms with Gasteiger partial charge in [-0.25, -0.2) is 0 Å². The van der Waals surface area contributed by atoms with Crippen LogP contribution in [0.15, 0.2) is 30.3 Å². The van der Waals surface area contributed by atoms with Crippen molar-refractivity contribution in [2.24, 2.45) is 5.73 Å². The van der Waals surface area contributed by atoms with Gasteiger partial charge in [-0.3, -0.25) is 4.79 Å². The van der Waals surface area contributed by atoms with E-state index in [0.717, 1.165) is 5.56 Å². The van der Waals surface area contributed by atoms with E-state index in [1.165, 1.54) is 0 Å². The van der Waals surface area contributed by atoms with Gasteiger partial charge < -0.3 is 5.73 Å². The van der Waals surface area contributed by atoms with Crippen molar-refractivity contribution in [2.45, 2.75) is 19.3 Å². The molecule has 1 atom stereocenters. The van der Waals surface area contributed by atoms with Gasteiger partial charge in [0.1, 0.15) is 0 Å². The molecule has 1 amide bonds. The zero-order valence-corrected chi connectivity index (χ0v) is 8.38. The molecule has 0 aliphatic heterocycles. The fraction of sp³-hybridized carbons (Fsp3) is 0.300. The zero-order chi connectivity index (χ0) is 8.97. The van der Waals surface area contributed by atoms with Crippen molar-refractivity contribution < 1.29 is 4.79 Å². The Bertz CT molecular complexity index is 261. The van der Waals surface area contributed by atoms with Crippen LogP contribution in [0, 0.1) is 0 Å². The van der Waals surface area contributed by atoms with E-state index in [-0.39, 0.29) is 24.2 Å². The highest BCUT2D eigenvalue weighted by atomic mass is 35.5. The van der Waals surface area contributed by atoms with E-state index >= 15 is 0 Å². The lowest BCUT2D eigenvalue weighted by atomic mass is 9.98. The number of amides is 1. The van der Waals surface area contributed by atoms with E-state index in [4.69, 9.17) is 5.73 Å². The van der Waals surface area contributed by atoms with Gasteiger partial charge in [0.25, 0.3) is 0 Å². The normalized spacial score (nSPS) is 11.5. The summed E-state index contributed by atoms with van der Waals surface area (Å²) in [4.78, 5) is 10.6. The van der Waals surface area contributed by atoms with Gasteiger partial charge in [-0.15, -0.1) is 12.4 Å². The summed E-state index contributed by atoms with van der Waals surface area (Å²) >= 11 is 0. The highest BCUT2D eigenvalue weighted by Gasteiger charge is 2.06. The minimum absolute atomic E-state index is 0. The second-order valence-electron chi connectivity index (χ2n) is 2.98. The Kier molecular flexibility index (Phi) is 5.16. The van der Waals surface area contributed by atoms with Crippen molar-refractivity contribution in [3.8, 4) is 0 Å². The molecule has 1 aromatic rings. The largest absolute Gasteiger partial charge is 0.370 e. The van der Waals surface area contributed by atoms with Gasteiger partial charge in [-0.05, 0) is 11.5 Å². The molecule has 0 spiro atoms. The lowest BCUT2D eigenvalue weighted by Gasteiger charge is -2.08. The first-order valence-electron chi connectivity index (χ1n) is 4.03. The molecule has 0 unspecified atom stereocenters. The summed E-state index contributed by atoms with van der Waals surface area (Å²) in [5.74, 6) is -0.0185. The molecule has 0 aliphatic carbocycles. The first kappa shape index (κ1) is 12.0. The summed E-state index contributed by atoms with van der Waals surface area (Å²) in [6, 6.07) is 9.90. The van der Waals surface area contributed by atoms with Crippen LogP contribution >= 0.6 is 12.4 Å². The number of benzene rings is 1. The second kappa shape index (κ2) is 5.60. The Labute approximate surface area is 84.5 Å². The smallest absolute Gasteiger partial charge is 0.218 e. The highest BCUT2D eigenvalue weighted by Crippen LogP contribution is 2.17. The number of rotatable bonds is 3. The predicted octanol–water partition coefficient (Wildman–Crippen LogP) is 2.09. The van der Waals surface area contributed by atoms with Crippen LogP contribution in [-0.4, -0.2) is 5.91 Å². The number of carbonyl (C=O) groups excluding carboxylic acids is 1. The van der Waals surface area contributed by atoms with E-state index in [1.54, 1.807) is 0 Å². The third-order valence-corrected chi connectivity index (χ3v) is 1.88. The highest BCUT2D eigenvalue weighted by molar-refractivity contribution is 5.85. The van der Waals surface area contributed by atoms with E-state index in [9.17, 15) is 4.79 Å². The van der Waals surface area contributed by atoms with Crippen LogP contribution in [0.5, 0.6) is 0 Å². The van der Waals surface area contributed by atoms with Gasteiger partial charge in [0, 0.05) is 6.42 Å². The summed E-state index contributed by atoms with van der Waals surface area (Å²) in [7, 11) is 0. The Balaban J connectivity index is 0.00000144. The maximum absolute atomic E-state index is 10.6. The first-order chi connectivity index (χ1) is 5.70. The van der Waals surface area contributed by atoms with Crippen LogP contribution in [-0.2, 0) is 4.79 Å². The van der Waals surface area contributed by atoms with Gasteiger partial charge in [-0.2, -0.15) is 0 Å². The molecule has 1 aromatic carbocycles. The van der Waals surface area contributed by atoms with Crippen LogP contribution in [0.2, 0.25) is 0 Å². The monoisotopic (exact) mass is 199 g/mol.